The fourth-order valence-electron chi connectivity index (χ4n) is 1.21. The van der Waals surface area contributed by atoms with Crippen molar-refractivity contribution in [3.63, 3.8) is 0 Å². The van der Waals surface area contributed by atoms with Crippen molar-refractivity contribution in [1.29, 1.82) is 0 Å². The van der Waals surface area contributed by atoms with Crippen molar-refractivity contribution in [2.24, 2.45) is 5.73 Å². The molecule has 1 aliphatic heterocycles. The van der Waals surface area contributed by atoms with Gasteiger partial charge in [0.25, 0.3) is 0 Å². The van der Waals surface area contributed by atoms with Gasteiger partial charge in [-0.25, -0.2) is 0 Å². The van der Waals surface area contributed by atoms with Gasteiger partial charge in [0.15, 0.2) is 0 Å². The average molecular weight is 251 g/mol. The van der Waals surface area contributed by atoms with E-state index >= 15 is 0 Å². The second-order valence-electron chi connectivity index (χ2n) is 2.60. The molecule has 0 aromatic heterocycles. The highest BCUT2D eigenvalue weighted by Crippen LogP contribution is 2.32. The lowest BCUT2D eigenvalue weighted by Crippen LogP contribution is -2.10. The highest BCUT2D eigenvalue weighted by atomic mass is 79.9. The molecule has 2 N–H and O–H groups in total. The zero-order chi connectivity index (χ0) is 7.84. The first-order valence-electron chi connectivity index (χ1n) is 3.45. The third kappa shape index (κ3) is 1.58. The van der Waals surface area contributed by atoms with Crippen LogP contribution < -0.4 is 10.5 Å². The summed E-state index contributed by atoms with van der Waals surface area (Å²) in [5, 5.41) is 0. The summed E-state index contributed by atoms with van der Waals surface area (Å²) in [7, 11) is 0. The van der Waals surface area contributed by atoms with Crippen LogP contribution in [0, 0.1) is 0 Å². The molecule has 0 fully saturated rings. The minimum absolute atomic E-state index is 0. The quantitative estimate of drug-likeness (QED) is 0.767. The minimum atomic E-state index is 0. The molecule has 1 heterocycles. The smallest absolute Gasteiger partial charge is 0.124 e. The van der Waals surface area contributed by atoms with Gasteiger partial charge in [0.2, 0.25) is 0 Å². The lowest BCUT2D eigenvalue weighted by atomic mass is 10.1. The van der Waals surface area contributed by atoms with E-state index in [2.05, 4.69) is 15.9 Å². The normalized spacial score (nSPS) is 19.3. The molecule has 2 nitrogen and oxygen atoms in total. The van der Waals surface area contributed by atoms with Gasteiger partial charge in [-0.2, -0.15) is 0 Å². The summed E-state index contributed by atoms with van der Waals surface area (Å²) >= 11 is 3.38. The first kappa shape index (κ1) is 9.84. The van der Waals surface area contributed by atoms with Crippen LogP contribution in [-0.2, 0) is 0 Å². The van der Waals surface area contributed by atoms with Crippen LogP contribution in [0.3, 0.4) is 0 Å². The SMILES string of the molecule is Cl.NC1COc2ccc(Br)cc21. The molecule has 1 aliphatic rings. The molecule has 1 aromatic carbocycles. The van der Waals surface area contributed by atoms with E-state index in [0.29, 0.717) is 6.61 Å². The summed E-state index contributed by atoms with van der Waals surface area (Å²) < 4.78 is 6.37. The lowest BCUT2D eigenvalue weighted by Gasteiger charge is -1.99. The second kappa shape index (κ2) is 3.64. The van der Waals surface area contributed by atoms with Crippen molar-refractivity contribution in [3.8, 4) is 5.75 Å². The average Bonchev–Trinajstić information content (AvgIpc) is 2.33. The van der Waals surface area contributed by atoms with Crippen LogP contribution in [0.4, 0.5) is 0 Å². The van der Waals surface area contributed by atoms with Gasteiger partial charge in [-0.3, -0.25) is 0 Å². The first-order chi connectivity index (χ1) is 5.27. The number of hydrogen-bond acceptors (Lipinski definition) is 2. The number of ether oxygens (including phenoxy) is 1. The Balaban J connectivity index is 0.000000720. The predicted octanol–water partition coefficient (Wildman–Crippen LogP) is 2.26. The van der Waals surface area contributed by atoms with E-state index < -0.39 is 0 Å². The Kier molecular flexibility index (Phi) is 2.99. The molecule has 0 saturated carbocycles. The predicted molar refractivity (Wildman–Crippen MR) is 53.8 cm³/mol. The van der Waals surface area contributed by atoms with E-state index in [-0.39, 0.29) is 18.4 Å². The summed E-state index contributed by atoms with van der Waals surface area (Å²) in [5.74, 6) is 0.917. The van der Waals surface area contributed by atoms with Crippen LogP contribution in [0.15, 0.2) is 22.7 Å². The molecule has 0 aliphatic carbocycles. The Morgan fingerprint density at radius 2 is 2.25 bits per heavy atom. The maximum absolute atomic E-state index is 5.77. The maximum atomic E-state index is 5.77. The third-order valence-corrected chi connectivity index (χ3v) is 2.28. The van der Waals surface area contributed by atoms with Gasteiger partial charge in [-0.15, -0.1) is 12.4 Å². The molecule has 0 spiro atoms. The zero-order valence-corrected chi connectivity index (χ0v) is 8.69. The van der Waals surface area contributed by atoms with Gasteiger partial charge in [0, 0.05) is 10.0 Å². The molecule has 4 heteroatoms. The second-order valence-corrected chi connectivity index (χ2v) is 3.52. The molecular weight excluding hydrogens is 241 g/mol. The molecule has 0 amide bonds. The molecule has 0 bridgehead atoms. The highest BCUT2D eigenvalue weighted by Gasteiger charge is 2.19. The van der Waals surface area contributed by atoms with Crippen LogP contribution in [0.5, 0.6) is 5.75 Å². The van der Waals surface area contributed by atoms with Gasteiger partial charge >= 0.3 is 0 Å². The van der Waals surface area contributed by atoms with E-state index in [1.165, 1.54) is 0 Å². The van der Waals surface area contributed by atoms with Gasteiger partial charge < -0.3 is 10.5 Å². The first-order valence-corrected chi connectivity index (χ1v) is 4.24. The van der Waals surface area contributed by atoms with Crippen molar-refractivity contribution in [1.82, 2.24) is 0 Å². The van der Waals surface area contributed by atoms with E-state index in [1.54, 1.807) is 0 Å². The van der Waals surface area contributed by atoms with Crippen molar-refractivity contribution in [2.75, 3.05) is 6.61 Å². The van der Waals surface area contributed by atoms with E-state index in [4.69, 9.17) is 10.5 Å². The van der Waals surface area contributed by atoms with Crippen LogP contribution in [0.2, 0.25) is 0 Å². The molecule has 1 aromatic rings. The summed E-state index contributed by atoms with van der Waals surface area (Å²) in [6.07, 6.45) is 0. The zero-order valence-electron chi connectivity index (χ0n) is 6.29. The molecule has 1 unspecified atom stereocenters. The molecule has 1 atom stereocenters. The molecular formula is C8H9BrClNO. The number of fused-ring (bicyclic) bond motifs is 1. The number of benzene rings is 1. The molecule has 2 rings (SSSR count). The van der Waals surface area contributed by atoms with Gasteiger partial charge in [-0.05, 0) is 18.2 Å². The molecule has 0 saturated heterocycles. The summed E-state index contributed by atoms with van der Waals surface area (Å²) in [4.78, 5) is 0. The van der Waals surface area contributed by atoms with E-state index in [1.807, 2.05) is 18.2 Å². The standard InChI is InChI=1S/C8H8BrNO.ClH/c9-5-1-2-8-6(3-5)7(10)4-11-8;/h1-3,7H,4,10H2;1H. The summed E-state index contributed by atoms with van der Waals surface area (Å²) in [6.45, 7) is 0.603. The Morgan fingerprint density at radius 3 is 3.00 bits per heavy atom. The van der Waals surface area contributed by atoms with Crippen LogP contribution in [0.25, 0.3) is 0 Å². The molecule has 12 heavy (non-hydrogen) atoms. The highest BCUT2D eigenvalue weighted by molar-refractivity contribution is 9.10. The van der Waals surface area contributed by atoms with Crippen LogP contribution in [0.1, 0.15) is 11.6 Å². The van der Waals surface area contributed by atoms with Crippen molar-refractivity contribution in [2.45, 2.75) is 6.04 Å². The van der Waals surface area contributed by atoms with Gasteiger partial charge in [0.05, 0.1) is 6.04 Å². The fraction of sp³-hybridized carbons (Fsp3) is 0.250. The fourth-order valence-corrected chi connectivity index (χ4v) is 1.59. The Morgan fingerprint density at radius 1 is 1.50 bits per heavy atom. The van der Waals surface area contributed by atoms with E-state index in [0.717, 1.165) is 15.8 Å². The third-order valence-electron chi connectivity index (χ3n) is 1.79. The van der Waals surface area contributed by atoms with E-state index in [9.17, 15) is 0 Å². The number of hydrogen-bond donors (Lipinski definition) is 1. The topological polar surface area (TPSA) is 35.2 Å². The Hall–Kier alpha value is -0.250. The van der Waals surface area contributed by atoms with Gasteiger partial charge in [0.1, 0.15) is 12.4 Å². The van der Waals surface area contributed by atoms with Crippen molar-refractivity contribution in [3.05, 3.63) is 28.2 Å². The largest absolute Gasteiger partial charge is 0.491 e. The van der Waals surface area contributed by atoms with Crippen LogP contribution >= 0.6 is 28.3 Å². The number of rotatable bonds is 0. The van der Waals surface area contributed by atoms with Crippen molar-refractivity contribution >= 4 is 28.3 Å². The minimum Gasteiger partial charge on any atom is -0.491 e. The maximum Gasteiger partial charge on any atom is 0.124 e. The monoisotopic (exact) mass is 249 g/mol. The summed E-state index contributed by atoms with van der Waals surface area (Å²) in [6, 6.07) is 5.94. The van der Waals surface area contributed by atoms with Crippen molar-refractivity contribution < 1.29 is 4.74 Å². The Labute approximate surface area is 85.6 Å². The molecule has 66 valence electrons. The molecule has 0 radical (unpaired) electrons. The van der Waals surface area contributed by atoms with Gasteiger partial charge in [-0.1, -0.05) is 15.9 Å². The Bertz CT molecular complexity index is 292. The number of nitrogens with two attached hydrogens (primary N) is 1. The lowest BCUT2D eigenvalue weighted by molar-refractivity contribution is 0.333. The van der Waals surface area contributed by atoms with Crippen LogP contribution in [-0.4, -0.2) is 6.61 Å². The summed E-state index contributed by atoms with van der Waals surface area (Å²) in [5.41, 5.74) is 6.87. The number of halogens is 2.